The van der Waals surface area contributed by atoms with Crippen LogP contribution in [0.15, 0.2) is 23.2 Å². The molecule has 0 aliphatic rings. The second-order valence-electron chi connectivity index (χ2n) is 7.24. The van der Waals surface area contributed by atoms with Crippen LogP contribution < -0.4 is 20.1 Å². The van der Waals surface area contributed by atoms with E-state index in [0.717, 1.165) is 62.0 Å². The Kier molecular flexibility index (Phi) is 16.7. The molecule has 0 saturated heterocycles. The maximum atomic E-state index is 5.73. The van der Waals surface area contributed by atoms with Crippen molar-refractivity contribution < 1.29 is 9.47 Å². The molecule has 0 radical (unpaired) electrons. The molecular formula is C23H43IN4O2. The first kappa shape index (κ1) is 28.8. The van der Waals surface area contributed by atoms with Crippen molar-refractivity contribution in [1.29, 1.82) is 0 Å². The minimum absolute atomic E-state index is 0. The van der Waals surface area contributed by atoms with Gasteiger partial charge in [-0.15, -0.1) is 24.0 Å². The molecule has 0 saturated carbocycles. The van der Waals surface area contributed by atoms with Crippen molar-refractivity contribution in [3.63, 3.8) is 0 Å². The van der Waals surface area contributed by atoms with Gasteiger partial charge in [-0.1, -0.05) is 26.8 Å². The second-order valence-corrected chi connectivity index (χ2v) is 7.24. The summed E-state index contributed by atoms with van der Waals surface area (Å²) in [4.78, 5) is 7.22. The maximum Gasteiger partial charge on any atom is 0.191 e. The molecule has 0 amide bonds. The van der Waals surface area contributed by atoms with Crippen molar-refractivity contribution in [3.05, 3.63) is 23.8 Å². The van der Waals surface area contributed by atoms with E-state index in [0.29, 0.717) is 19.2 Å². The van der Waals surface area contributed by atoms with Crippen molar-refractivity contribution in [2.45, 2.75) is 66.5 Å². The van der Waals surface area contributed by atoms with Crippen LogP contribution in [0, 0.1) is 0 Å². The average Bonchev–Trinajstić information content (AvgIpc) is 2.74. The van der Waals surface area contributed by atoms with Crippen LogP contribution in [0.5, 0.6) is 11.5 Å². The van der Waals surface area contributed by atoms with E-state index in [2.05, 4.69) is 50.2 Å². The van der Waals surface area contributed by atoms with Crippen molar-refractivity contribution in [2.75, 3.05) is 39.9 Å². The zero-order valence-corrected chi connectivity index (χ0v) is 22.1. The smallest absolute Gasteiger partial charge is 0.191 e. The van der Waals surface area contributed by atoms with E-state index < -0.39 is 0 Å². The molecule has 0 fully saturated rings. The topological polar surface area (TPSA) is 58.1 Å². The van der Waals surface area contributed by atoms with Gasteiger partial charge in [0.05, 0.1) is 20.3 Å². The Morgan fingerprint density at radius 3 is 2.47 bits per heavy atom. The third kappa shape index (κ3) is 11.2. The molecule has 0 aliphatic carbocycles. The van der Waals surface area contributed by atoms with E-state index in [1.54, 1.807) is 7.11 Å². The number of benzene rings is 1. The first-order valence-electron chi connectivity index (χ1n) is 11.1. The fraction of sp³-hybridized carbons (Fsp3) is 0.696. The van der Waals surface area contributed by atoms with Crippen LogP contribution in [-0.2, 0) is 6.54 Å². The molecule has 2 N–H and O–H groups in total. The molecule has 1 unspecified atom stereocenters. The van der Waals surface area contributed by atoms with Crippen LogP contribution in [0.2, 0.25) is 0 Å². The molecule has 0 bridgehead atoms. The van der Waals surface area contributed by atoms with E-state index >= 15 is 0 Å². The monoisotopic (exact) mass is 534 g/mol. The van der Waals surface area contributed by atoms with Crippen molar-refractivity contribution in [1.82, 2.24) is 15.5 Å². The van der Waals surface area contributed by atoms with Crippen molar-refractivity contribution >= 4 is 29.9 Å². The predicted molar refractivity (Wildman–Crippen MR) is 139 cm³/mol. The molecular weight excluding hydrogens is 491 g/mol. The van der Waals surface area contributed by atoms with Crippen LogP contribution in [0.25, 0.3) is 0 Å². The Morgan fingerprint density at radius 2 is 1.87 bits per heavy atom. The van der Waals surface area contributed by atoms with Gasteiger partial charge < -0.3 is 25.0 Å². The highest BCUT2D eigenvalue weighted by Gasteiger charge is 2.08. The maximum absolute atomic E-state index is 5.73. The van der Waals surface area contributed by atoms with E-state index in [1.807, 2.05) is 18.2 Å². The van der Waals surface area contributed by atoms with Crippen LogP contribution in [0.4, 0.5) is 0 Å². The lowest BCUT2D eigenvalue weighted by atomic mass is 10.2. The lowest BCUT2D eigenvalue weighted by Gasteiger charge is -2.21. The lowest BCUT2D eigenvalue weighted by molar-refractivity contribution is 0.292. The third-order valence-electron chi connectivity index (χ3n) is 4.84. The summed E-state index contributed by atoms with van der Waals surface area (Å²) in [6, 6.07) is 6.40. The van der Waals surface area contributed by atoms with Crippen LogP contribution in [-0.4, -0.2) is 56.8 Å². The summed E-state index contributed by atoms with van der Waals surface area (Å²) < 4.78 is 11.2. The summed E-state index contributed by atoms with van der Waals surface area (Å²) in [7, 11) is 1.67. The Labute approximate surface area is 201 Å². The van der Waals surface area contributed by atoms with Gasteiger partial charge in [0.2, 0.25) is 0 Å². The van der Waals surface area contributed by atoms with Gasteiger partial charge in [0, 0.05) is 12.6 Å². The molecule has 1 aromatic carbocycles. The summed E-state index contributed by atoms with van der Waals surface area (Å²) >= 11 is 0. The van der Waals surface area contributed by atoms with Crippen LogP contribution in [0.3, 0.4) is 0 Å². The molecule has 1 rings (SSSR count). The van der Waals surface area contributed by atoms with Gasteiger partial charge in [0.15, 0.2) is 17.5 Å². The van der Waals surface area contributed by atoms with Gasteiger partial charge in [-0.2, -0.15) is 0 Å². The van der Waals surface area contributed by atoms with Gasteiger partial charge >= 0.3 is 0 Å². The zero-order chi connectivity index (χ0) is 21.5. The van der Waals surface area contributed by atoms with Gasteiger partial charge in [0.1, 0.15) is 0 Å². The lowest BCUT2D eigenvalue weighted by Crippen LogP contribution is -2.42. The molecule has 0 aliphatic heterocycles. The van der Waals surface area contributed by atoms with E-state index in [1.165, 1.54) is 6.42 Å². The largest absolute Gasteiger partial charge is 0.493 e. The van der Waals surface area contributed by atoms with E-state index in [4.69, 9.17) is 14.5 Å². The molecule has 0 heterocycles. The van der Waals surface area contributed by atoms with Gasteiger partial charge in [-0.3, -0.25) is 0 Å². The Bertz CT molecular complexity index is 595. The minimum atomic E-state index is 0. The molecule has 0 spiro atoms. The Hall–Kier alpha value is -1.22. The zero-order valence-electron chi connectivity index (χ0n) is 19.8. The summed E-state index contributed by atoms with van der Waals surface area (Å²) in [6.07, 6.45) is 3.28. The number of guanidine groups is 1. The number of halogens is 1. The first-order valence-corrected chi connectivity index (χ1v) is 11.1. The number of hydrogen-bond donors (Lipinski definition) is 2. The molecule has 0 aromatic heterocycles. The molecule has 1 aromatic rings. The van der Waals surface area contributed by atoms with Crippen molar-refractivity contribution in [3.8, 4) is 11.5 Å². The summed E-state index contributed by atoms with van der Waals surface area (Å²) in [5.74, 6) is 2.40. The fourth-order valence-corrected chi connectivity index (χ4v) is 3.10. The highest BCUT2D eigenvalue weighted by molar-refractivity contribution is 14.0. The van der Waals surface area contributed by atoms with Crippen LogP contribution in [0.1, 0.15) is 59.4 Å². The normalized spacial score (nSPS) is 12.3. The SMILES string of the molecule is CCCOc1ccc(CN=C(NCC)NC(C)CCCN(CC)CC)cc1OC.I. The average molecular weight is 535 g/mol. The molecule has 30 heavy (non-hydrogen) atoms. The van der Waals surface area contributed by atoms with Gasteiger partial charge in [0.25, 0.3) is 0 Å². The summed E-state index contributed by atoms with van der Waals surface area (Å²) in [5.41, 5.74) is 1.09. The third-order valence-corrected chi connectivity index (χ3v) is 4.84. The highest BCUT2D eigenvalue weighted by Crippen LogP contribution is 2.28. The Morgan fingerprint density at radius 1 is 1.13 bits per heavy atom. The fourth-order valence-electron chi connectivity index (χ4n) is 3.10. The van der Waals surface area contributed by atoms with Crippen molar-refractivity contribution in [2.24, 2.45) is 4.99 Å². The highest BCUT2D eigenvalue weighted by atomic mass is 127. The van der Waals surface area contributed by atoms with Gasteiger partial charge in [-0.25, -0.2) is 4.99 Å². The quantitative estimate of drug-likeness (QED) is 0.207. The van der Waals surface area contributed by atoms with Gasteiger partial charge in [-0.05, 0) is 70.4 Å². The standard InChI is InChI=1S/C23H42N4O2.HI/c1-7-16-29-21-14-13-20(17-22(21)28-6)18-25-23(24-8-2)26-19(5)12-11-15-27(9-3)10-4;/h13-14,17,19H,7-12,15-16,18H2,1-6H3,(H2,24,25,26);1H. The summed E-state index contributed by atoms with van der Waals surface area (Å²) in [6.45, 7) is 16.3. The number of ether oxygens (including phenoxy) is 2. The number of aliphatic imine (C=N–C) groups is 1. The number of nitrogens with one attached hydrogen (secondary N) is 2. The predicted octanol–water partition coefficient (Wildman–Crippen LogP) is 4.67. The van der Waals surface area contributed by atoms with E-state index in [9.17, 15) is 0 Å². The Balaban J connectivity index is 0.00000841. The number of methoxy groups -OCH3 is 1. The molecule has 1 atom stereocenters. The first-order chi connectivity index (χ1) is 14.1. The molecule has 6 nitrogen and oxygen atoms in total. The molecule has 7 heteroatoms. The number of rotatable bonds is 14. The summed E-state index contributed by atoms with van der Waals surface area (Å²) in [5, 5.41) is 6.88. The minimum Gasteiger partial charge on any atom is -0.493 e. The number of nitrogens with zero attached hydrogens (tertiary/aromatic N) is 2. The molecule has 174 valence electrons. The van der Waals surface area contributed by atoms with Crippen LogP contribution >= 0.6 is 24.0 Å². The second kappa shape index (κ2) is 17.5. The number of hydrogen-bond acceptors (Lipinski definition) is 4. The van der Waals surface area contributed by atoms with E-state index in [-0.39, 0.29) is 24.0 Å².